The van der Waals surface area contributed by atoms with E-state index in [-0.39, 0.29) is 12.0 Å². The number of nitrogens with one attached hydrogen (secondary N) is 1. The van der Waals surface area contributed by atoms with Crippen molar-refractivity contribution in [1.82, 2.24) is 5.32 Å². The summed E-state index contributed by atoms with van der Waals surface area (Å²) in [5.74, 6) is -0.0364. The molecule has 0 aliphatic heterocycles. The van der Waals surface area contributed by atoms with Crippen LogP contribution in [0.4, 0.5) is 4.79 Å². The Kier molecular flexibility index (Phi) is 5.96. The maximum atomic E-state index is 12.2. The summed E-state index contributed by atoms with van der Waals surface area (Å²) in [5.41, 5.74) is 2.06. The molecule has 29 heavy (non-hydrogen) atoms. The van der Waals surface area contributed by atoms with Crippen molar-refractivity contribution < 1.29 is 23.5 Å². The first-order valence-electron chi connectivity index (χ1n) is 9.91. The van der Waals surface area contributed by atoms with E-state index in [9.17, 15) is 14.4 Å². The van der Waals surface area contributed by atoms with Crippen molar-refractivity contribution in [1.29, 1.82) is 0 Å². The number of hydrogen-bond donors (Lipinski definition) is 1. The third kappa shape index (κ3) is 4.96. The van der Waals surface area contributed by atoms with Crippen LogP contribution in [0.1, 0.15) is 56.7 Å². The van der Waals surface area contributed by atoms with E-state index >= 15 is 0 Å². The summed E-state index contributed by atoms with van der Waals surface area (Å²) in [4.78, 5) is 36.0. The maximum Gasteiger partial charge on any atom is 0.407 e. The highest BCUT2D eigenvalue weighted by Crippen LogP contribution is 2.33. The fraction of sp³-hybridized carbons (Fsp3) is 0.500. The van der Waals surface area contributed by atoms with Gasteiger partial charge in [0.25, 0.3) is 0 Å². The number of alkyl carbamates (subject to hydrolysis) is 1. The molecule has 1 aliphatic carbocycles. The van der Waals surface area contributed by atoms with Crippen LogP contribution in [-0.2, 0) is 22.4 Å². The smallest absolute Gasteiger partial charge is 0.407 e. The minimum Gasteiger partial charge on any atom is -0.444 e. The van der Waals surface area contributed by atoms with Crippen LogP contribution >= 0.6 is 0 Å². The van der Waals surface area contributed by atoms with Gasteiger partial charge >= 0.3 is 17.7 Å². The molecule has 0 saturated carbocycles. The average molecular weight is 401 g/mol. The second kappa shape index (κ2) is 8.27. The largest absolute Gasteiger partial charge is 0.444 e. The van der Waals surface area contributed by atoms with Crippen molar-refractivity contribution in [2.24, 2.45) is 0 Å². The first-order chi connectivity index (χ1) is 13.7. The van der Waals surface area contributed by atoms with E-state index in [1.54, 1.807) is 33.8 Å². The molecule has 0 unspecified atom stereocenters. The molecule has 2 aromatic rings. The molecule has 1 aromatic carbocycles. The van der Waals surface area contributed by atoms with Crippen LogP contribution in [-0.4, -0.2) is 24.2 Å². The van der Waals surface area contributed by atoms with E-state index in [1.807, 2.05) is 6.07 Å². The Morgan fingerprint density at radius 2 is 1.90 bits per heavy atom. The monoisotopic (exact) mass is 401 g/mol. The number of aryl methyl sites for hydroxylation is 2. The number of ether oxygens (including phenoxy) is 2. The molecule has 7 heteroatoms. The summed E-state index contributed by atoms with van der Waals surface area (Å²) in [6.45, 7) is 7.44. The van der Waals surface area contributed by atoms with Crippen LogP contribution in [0.25, 0.3) is 11.0 Å². The lowest BCUT2D eigenvalue weighted by atomic mass is 10.0. The van der Waals surface area contributed by atoms with E-state index in [4.69, 9.17) is 13.9 Å². The molecule has 0 bridgehead atoms. The van der Waals surface area contributed by atoms with Crippen molar-refractivity contribution in [3.05, 3.63) is 39.2 Å². The van der Waals surface area contributed by atoms with Crippen LogP contribution in [0, 0.1) is 6.92 Å². The summed E-state index contributed by atoms with van der Waals surface area (Å²) >= 11 is 0. The molecular weight excluding hydrogens is 374 g/mol. The molecule has 0 spiro atoms. The lowest BCUT2D eigenvalue weighted by molar-refractivity contribution is -0.134. The molecule has 0 radical (unpaired) electrons. The quantitative estimate of drug-likeness (QED) is 0.354. The van der Waals surface area contributed by atoms with Gasteiger partial charge in [0.15, 0.2) is 0 Å². The molecule has 156 valence electrons. The molecule has 0 saturated heterocycles. The fourth-order valence-corrected chi connectivity index (χ4v) is 3.48. The summed E-state index contributed by atoms with van der Waals surface area (Å²) in [7, 11) is 0. The predicted molar refractivity (Wildman–Crippen MR) is 108 cm³/mol. The Morgan fingerprint density at radius 3 is 2.62 bits per heavy atom. The first kappa shape index (κ1) is 20.9. The van der Waals surface area contributed by atoms with Crippen LogP contribution < -0.4 is 15.7 Å². The molecule has 1 N–H and O–H groups in total. The summed E-state index contributed by atoms with van der Waals surface area (Å²) in [6, 6.07) is 3.59. The van der Waals surface area contributed by atoms with Gasteiger partial charge in [0.1, 0.15) is 16.9 Å². The van der Waals surface area contributed by atoms with Crippen LogP contribution in [0.15, 0.2) is 21.3 Å². The lowest BCUT2D eigenvalue weighted by Crippen LogP contribution is -2.33. The van der Waals surface area contributed by atoms with Gasteiger partial charge in [0.05, 0.1) is 0 Å². The number of fused-ring (bicyclic) bond motifs is 3. The maximum absolute atomic E-state index is 12.2. The fourth-order valence-electron chi connectivity index (χ4n) is 3.48. The van der Waals surface area contributed by atoms with Crippen molar-refractivity contribution in [3.8, 4) is 5.75 Å². The van der Waals surface area contributed by atoms with Gasteiger partial charge in [-0.05, 0) is 71.1 Å². The number of benzene rings is 1. The molecule has 1 aromatic heterocycles. The van der Waals surface area contributed by atoms with Gasteiger partial charge in [-0.15, -0.1) is 0 Å². The first-order valence-corrected chi connectivity index (χ1v) is 9.91. The van der Waals surface area contributed by atoms with E-state index in [1.165, 1.54) is 0 Å². The van der Waals surface area contributed by atoms with Gasteiger partial charge in [0.2, 0.25) is 0 Å². The Balaban J connectivity index is 1.60. The number of hydrogen-bond acceptors (Lipinski definition) is 6. The Bertz CT molecular complexity index is 999. The zero-order valence-corrected chi connectivity index (χ0v) is 17.3. The minimum absolute atomic E-state index is 0.140. The van der Waals surface area contributed by atoms with E-state index in [2.05, 4.69) is 5.32 Å². The van der Waals surface area contributed by atoms with Gasteiger partial charge in [-0.2, -0.15) is 0 Å². The minimum atomic E-state index is -0.564. The van der Waals surface area contributed by atoms with Gasteiger partial charge in [-0.25, -0.2) is 9.59 Å². The molecule has 1 heterocycles. The molecule has 7 nitrogen and oxygen atoms in total. The number of rotatable bonds is 5. The summed E-state index contributed by atoms with van der Waals surface area (Å²) in [6.07, 6.45) is 2.61. The number of esters is 1. The Morgan fingerprint density at radius 1 is 1.17 bits per heavy atom. The second-order valence-electron chi connectivity index (χ2n) is 8.27. The van der Waals surface area contributed by atoms with Crippen molar-refractivity contribution in [2.75, 3.05) is 6.54 Å². The second-order valence-corrected chi connectivity index (χ2v) is 8.27. The molecule has 3 rings (SSSR count). The Labute approximate surface area is 169 Å². The molecule has 1 aliphatic rings. The van der Waals surface area contributed by atoms with Crippen LogP contribution in [0.3, 0.4) is 0 Å². The van der Waals surface area contributed by atoms with Crippen molar-refractivity contribution in [2.45, 2.75) is 65.4 Å². The third-order valence-corrected chi connectivity index (χ3v) is 4.79. The standard InChI is InChI=1S/C22H27NO6/c1-13-17(27-18(24)9-6-12-23-21(26)29-22(2,3)4)11-10-15-14-7-5-8-16(14)20(25)28-19(13)15/h10-11H,5-9,12H2,1-4H3,(H,23,26). The summed E-state index contributed by atoms with van der Waals surface area (Å²) < 4.78 is 16.1. The van der Waals surface area contributed by atoms with E-state index in [0.29, 0.717) is 29.9 Å². The van der Waals surface area contributed by atoms with Gasteiger partial charge < -0.3 is 19.2 Å². The predicted octanol–water partition coefficient (Wildman–Crippen LogP) is 3.80. The van der Waals surface area contributed by atoms with Crippen molar-refractivity contribution in [3.63, 3.8) is 0 Å². The highest BCUT2D eigenvalue weighted by atomic mass is 16.6. The highest BCUT2D eigenvalue weighted by Gasteiger charge is 2.22. The number of carbonyl (C=O) groups is 2. The average Bonchev–Trinajstić information content (AvgIpc) is 3.11. The normalized spacial score (nSPS) is 13.2. The third-order valence-electron chi connectivity index (χ3n) is 4.79. The highest BCUT2D eigenvalue weighted by molar-refractivity contribution is 5.87. The molecule has 0 fully saturated rings. The van der Waals surface area contributed by atoms with Gasteiger partial charge in [0, 0.05) is 29.5 Å². The van der Waals surface area contributed by atoms with Gasteiger partial charge in [-0.3, -0.25) is 4.79 Å². The van der Waals surface area contributed by atoms with Gasteiger partial charge in [-0.1, -0.05) is 0 Å². The molecule has 0 atom stereocenters. The lowest BCUT2D eigenvalue weighted by Gasteiger charge is -2.19. The van der Waals surface area contributed by atoms with Crippen molar-refractivity contribution >= 4 is 23.0 Å². The Hall–Kier alpha value is -2.83. The number of amides is 1. The van der Waals surface area contributed by atoms with E-state index < -0.39 is 17.7 Å². The number of carbonyl (C=O) groups excluding carboxylic acids is 2. The molecular formula is C22H27NO6. The van der Waals surface area contributed by atoms with Crippen LogP contribution in [0.5, 0.6) is 5.75 Å². The zero-order chi connectivity index (χ0) is 21.2. The topological polar surface area (TPSA) is 94.8 Å². The zero-order valence-electron chi connectivity index (χ0n) is 17.3. The van der Waals surface area contributed by atoms with E-state index in [0.717, 1.165) is 35.8 Å². The SMILES string of the molecule is Cc1c(OC(=O)CCCNC(=O)OC(C)(C)C)ccc2c3c(c(=O)oc12)CCC3. The summed E-state index contributed by atoms with van der Waals surface area (Å²) in [5, 5.41) is 3.52. The van der Waals surface area contributed by atoms with Crippen LogP contribution in [0.2, 0.25) is 0 Å². The molecule has 1 amide bonds.